The van der Waals surface area contributed by atoms with Gasteiger partial charge in [-0.05, 0) is 68.4 Å². The van der Waals surface area contributed by atoms with Crippen molar-refractivity contribution in [2.45, 2.75) is 13.8 Å². The van der Waals surface area contributed by atoms with Crippen LogP contribution >= 0.6 is 11.6 Å². The van der Waals surface area contributed by atoms with E-state index in [1.54, 1.807) is 30.3 Å². The van der Waals surface area contributed by atoms with E-state index in [9.17, 15) is 4.79 Å². The van der Waals surface area contributed by atoms with E-state index in [1.807, 2.05) is 56.3 Å². The molecule has 1 aromatic heterocycles. The molecule has 0 spiro atoms. The van der Waals surface area contributed by atoms with Crippen LogP contribution in [-0.2, 0) is 0 Å². The molecule has 4 aromatic rings. The Hall–Kier alpha value is -4.30. The van der Waals surface area contributed by atoms with Crippen LogP contribution in [0.3, 0.4) is 0 Å². The van der Waals surface area contributed by atoms with Gasteiger partial charge in [-0.15, -0.1) is 0 Å². The predicted molar refractivity (Wildman–Crippen MR) is 142 cm³/mol. The van der Waals surface area contributed by atoms with Gasteiger partial charge in [0.05, 0.1) is 12.8 Å². The van der Waals surface area contributed by atoms with Crippen molar-refractivity contribution in [3.05, 3.63) is 89.1 Å². The van der Waals surface area contributed by atoms with Gasteiger partial charge in [-0.25, -0.2) is 9.78 Å². The van der Waals surface area contributed by atoms with Gasteiger partial charge in [-0.3, -0.25) is 0 Å². The number of halogens is 1. The van der Waals surface area contributed by atoms with Gasteiger partial charge in [0, 0.05) is 33.8 Å². The zero-order valence-corrected chi connectivity index (χ0v) is 20.3. The molecule has 0 aliphatic heterocycles. The molecule has 35 heavy (non-hydrogen) atoms. The van der Waals surface area contributed by atoms with E-state index in [2.05, 4.69) is 31.2 Å². The molecule has 0 radical (unpaired) electrons. The first-order valence-corrected chi connectivity index (χ1v) is 11.2. The molecule has 0 unspecified atom stereocenters. The molecule has 0 saturated heterocycles. The number of carbonyl (C=O) groups excluding carboxylic acids is 1. The second-order valence-electron chi connectivity index (χ2n) is 7.84. The molecule has 0 fully saturated rings. The minimum absolute atomic E-state index is 0.417. The maximum atomic E-state index is 12.4. The van der Waals surface area contributed by atoms with E-state index >= 15 is 0 Å². The second-order valence-corrected chi connectivity index (χ2v) is 8.27. The minimum Gasteiger partial charge on any atom is -0.495 e. The lowest BCUT2D eigenvalue weighted by atomic mass is 10.2. The second kappa shape index (κ2) is 10.8. The van der Waals surface area contributed by atoms with Gasteiger partial charge in [-0.2, -0.15) is 4.98 Å². The zero-order valence-electron chi connectivity index (χ0n) is 19.5. The highest BCUT2D eigenvalue weighted by Crippen LogP contribution is 2.28. The average molecular weight is 489 g/mol. The minimum atomic E-state index is -0.417. The quantitative estimate of drug-likeness (QED) is 0.226. The van der Waals surface area contributed by atoms with Crippen molar-refractivity contribution in [1.82, 2.24) is 9.97 Å². The maximum Gasteiger partial charge on any atom is 0.323 e. The molecule has 0 aliphatic carbocycles. The molecule has 2 amide bonds. The molecular weight excluding hydrogens is 464 g/mol. The van der Waals surface area contributed by atoms with Gasteiger partial charge < -0.3 is 26.0 Å². The van der Waals surface area contributed by atoms with Gasteiger partial charge in [0.1, 0.15) is 11.6 Å². The molecular formula is C26H25ClN6O2. The van der Waals surface area contributed by atoms with Gasteiger partial charge in [0.15, 0.2) is 0 Å². The Kier molecular flexibility index (Phi) is 7.32. The fourth-order valence-corrected chi connectivity index (χ4v) is 3.47. The first-order valence-electron chi connectivity index (χ1n) is 10.9. The highest BCUT2D eigenvalue weighted by Gasteiger charge is 2.09. The summed E-state index contributed by atoms with van der Waals surface area (Å²) >= 11 is 6.02. The van der Waals surface area contributed by atoms with Crippen LogP contribution in [0.1, 0.15) is 11.3 Å². The first-order chi connectivity index (χ1) is 16.9. The monoisotopic (exact) mass is 488 g/mol. The Labute approximate surface area is 208 Å². The highest BCUT2D eigenvalue weighted by atomic mass is 35.5. The number of ether oxygens (including phenoxy) is 1. The first kappa shape index (κ1) is 23.8. The van der Waals surface area contributed by atoms with Gasteiger partial charge >= 0.3 is 6.03 Å². The van der Waals surface area contributed by atoms with Crippen LogP contribution in [0.5, 0.6) is 5.75 Å². The van der Waals surface area contributed by atoms with Crippen LogP contribution in [0.4, 0.5) is 39.3 Å². The van der Waals surface area contributed by atoms with Crippen LogP contribution in [0.15, 0.2) is 72.8 Å². The standard InChI is InChI=1S/C26H25ClN6O2/c1-16-4-7-19(8-5-16)29-24-14-17(2)28-25(33-24)30-20-9-11-21(12-10-20)31-26(34)32-22-15-18(27)6-13-23(22)35-3/h4-15H,1-3H3,(H2,31,32,34)(H2,28,29,30,33). The van der Waals surface area contributed by atoms with Crippen molar-refractivity contribution in [1.29, 1.82) is 0 Å². The Morgan fingerprint density at radius 1 is 0.800 bits per heavy atom. The number of carbonyl (C=O) groups is 1. The fraction of sp³-hybridized carbons (Fsp3) is 0.115. The summed E-state index contributed by atoms with van der Waals surface area (Å²) in [5.41, 5.74) is 4.83. The van der Waals surface area contributed by atoms with Crippen molar-refractivity contribution in [2.75, 3.05) is 28.4 Å². The molecule has 4 rings (SSSR count). The third-order valence-corrected chi connectivity index (χ3v) is 5.22. The molecule has 1 heterocycles. The fourth-order valence-electron chi connectivity index (χ4n) is 3.30. The molecule has 4 N–H and O–H groups in total. The Bertz CT molecular complexity index is 1330. The molecule has 0 aliphatic rings. The Morgan fingerprint density at radius 2 is 1.46 bits per heavy atom. The molecule has 0 bridgehead atoms. The lowest BCUT2D eigenvalue weighted by molar-refractivity contribution is 0.262. The number of aromatic nitrogens is 2. The summed E-state index contributed by atoms with van der Waals surface area (Å²) in [6, 6.07) is 21.8. The summed E-state index contributed by atoms with van der Waals surface area (Å²) in [6.07, 6.45) is 0. The summed E-state index contributed by atoms with van der Waals surface area (Å²) in [4.78, 5) is 21.4. The van der Waals surface area contributed by atoms with Crippen LogP contribution in [-0.4, -0.2) is 23.1 Å². The Morgan fingerprint density at radius 3 is 2.17 bits per heavy atom. The number of nitrogens with zero attached hydrogens (tertiary/aromatic N) is 2. The number of urea groups is 1. The van der Waals surface area contributed by atoms with Crippen molar-refractivity contribution >= 4 is 52.1 Å². The number of anilines is 6. The van der Waals surface area contributed by atoms with E-state index in [4.69, 9.17) is 16.3 Å². The third-order valence-electron chi connectivity index (χ3n) is 4.99. The van der Waals surface area contributed by atoms with Crippen LogP contribution in [0, 0.1) is 13.8 Å². The third kappa shape index (κ3) is 6.61. The molecule has 8 nitrogen and oxygen atoms in total. The summed E-state index contributed by atoms with van der Waals surface area (Å²) < 4.78 is 5.25. The van der Waals surface area contributed by atoms with Gasteiger partial charge in [0.25, 0.3) is 0 Å². The normalized spacial score (nSPS) is 10.4. The van der Waals surface area contributed by atoms with Crippen molar-refractivity contribution < 1.29 is 9.53 Å². The molecule has 178 valence electrons. The number of benzene rings is 3. The molecule has 0 atom stereocenters. The number of hydrogen-bond acceptors (Lipinski definition) is 6. The van der Waals surface area contributed by atoms with Gasteiger partial charge in [-0.1, -0.05) is 29.3 Å². The van der Waals surface area contributed by atoms with Crippen molar-refractivity contribution in [3.63, 3.8) is 0 Å². The number of rotatable bonds is 7. The highest BCUT2D eigenvalue weighted by molar-refractivity contribution is 6.31. The zero-order chi connectivity index (χ0) is 24.8. The maximum absolute atomic E-state index is 12.4. The van der Waals surface area contributed by atoms with Gasteiger partial charge in [0.2, 0.25) is 5.95 Å². The number of methoxy groups -OCH3 is 1. The number of hydrogen-bond donors (Lipinski definition) is 4. The lowest BCUT2D eigenvalue weighted by Crippen LogP contribution is -2.19. The Balaban J connectivity index is 1.39. The number of amides is 2. The van der Waals surface area contributed by atoms with Crippen LogP contribution < -0.4 is 26.0 Å². The SMILES string of the molecule is COc1ccc(Cl)cc1NC(=O)Nc1ccc(Nc2nc(C)cc(Nc3ccc(C)cc3)n2)cc1. The van der Waals surface area contributed by atoms with E-state index < -0.39 is 6.03 Å². The van der Waals surface area contributed by atoms with Crippen molar-refractivity contribution in [2.24, 2.45) is 0 Å². The van der Waals surface area contributed by atoms with E-state index in [1.165, 1.54) is 12.7 Å². The van der Waals surface area contributed by atoms with E-state index in [-0.39, 0.29) is 0 Å². The lowest BCUT2D eigenvalue weighted by Gasteiger charge is -2.12. The molecule has 3 aromatic carbocycles. The summed E-state index contributed by atoms with van der Waals surface area (Å²) in [6.45, 7) is 3.96. The topological polar surface area (TPSA) is 100 Å². The smallest absolute Gasteiger partial charge is 0.323 e. The molecule has 0 saturated carbocycles. The summed E-state index contributed by atoms with van der Waals surface area (Å²) in [7, 11) is 1.53. The van der Waals surface area contributed by atoms with Crippen molar-refractivity contribution in [3.8, 4) is 5.75 Å². The largest absolute Gasteiger partial charge is 0.495 e. The number of nitrogens with one attached hydrogen (secondary N) is 4. The van der Waals surface area contributed by atoms with E-state index in [0.29, 0.717) is 33.9 Å². The average Bonchev–Trinajstić information content (AvgIpc) is 2.82. The number of aryl methyl sites for hydroxylation is 2. The predicted octanol–water partition coefficient (Wildman–Crippen LogP) is 6.89. The van der Waals surface area contributed by atoms with E-state index in [0.717, 1.165) is 17.1 Å². The summed E-state index contributed by atoms with van der Waals surface area (Å²) in [5, 5.41) is 12.5. The van der Waals surface area contributed by atoms with Crippen LogP contribution in [0.25, 0.3) is 0 Å². The van der Waals surface area contributed by atoms with Crippen LogP contribution in [0.2, 0.25) is 5.02 Å². The summed E-state index contributed by atoms with van der Waals surface area (Å²) in [5.74, 6) is 1.67. The molecule has 9 heteroatoms.